The Kier molecular flexibility index (Phi) is 6.67. The minimum atomic E-state index is -0.927. The molecule has 4 aromatic rings. The Bertz CT molecular complexity index is 1970. The van der Waals surface area contributed by atoms with E-state index in [1.165, 1.54) is 30.5 Å². The van der Waals surface area contributed by atoms with Crippen molar-refractivity contribution in [2.24, 2.45) is 0 Å². The molecule has 0 spiro atoms. The van der Waals surface area contributed by atoms with E-state index in [4.69, 9.17) is 16.1 Å². The third-order valence-corrected chi connectivity index (χ3v) is 10.4. The maximum absolute atomic E-state index is 16.9. The van der Waals surface area contributed by atoms with Crippen molar-refractivity contribution in [3.05, 3.63) is 60.3 Å². The third-order valence-electron chi connectivity index (χ3n) is 10.4. The highest BCUT2D eigenvalue weighted by Crippen LogP contribution is 2.42. The summed E-state index contributed by atoms with van der Waals surface area (Å²) in [5, 5.41) is 15.3. The lowest BCUT2D eigenvalue weighted by molar-refractivity contribution is 0.107. The van der Waals surface area contributed by atoms with E-state index >= 15 is 4.39 Å². The molecule has 236 valence electrons. The number of anilines is 1. The molecule has 2 bridgehead atoms. The van der Waals surface area contributed by atoms with E-state index in [2.05, 4.69) is 37.6 Å². The molecule has 4 aliphatic rings. The van der Waals surface area contributed by atoms with Crippen molar-refractivity contribution >= 4 is 27.5 Å². The Hall–Kier alpha value is -4.40. The number of phenolic OH excluding ortho intramolecular Hbond substituents is 1. The van der Waals surface area contributed by atoms with Crippen LogP contribution in [0.2, 0.25) is 0 Å². The summed E-state index contributed by atoms with van der Waals surface area (Å²) in [5.41, 5.74) is -0.866. The average Bonchev–Trinajstić information content (AvgIpc) is 3.68. The van der Waals surface area contributed by atoms with E-state index < -0.39 is 23.3 Å². The molecular formula is C35H33F3N6O2. The van der Waals surface area contributed by atoms with Gasteiger partial charge in [0.25, 0.3) is 0 Å². The molecule has 6 heterocycles. The highest BCUT2D eigenvalue weighted by molar-refractivity contribution is 6.03. The Labute approximate surface area is 264 Å². The van der Waals surface area contributed by atoms with Gasteiger partial charge in [-0.1, -0.05) is 18.1 Å². The summed E-state index contributed by atoms with van der Waals surface area (Å²) in [4.78, 5) is 18.1. The molecule has 46 heavy (non-hydrogen) atoms. The van der Waals surface area contributed by atoms with Crippen LogP contribution in [0.15, 0.2) is 43.1 Å². The maximum atomic E-state index is 16.9. The van der Waals surface area contributed by atoms with Crippen molar-refractivity contribution < 1.29 is 23.0 Å². The number of alkyl halides is 1. The summed E-state index contributed by atoms with van der Waals surface area (Å²) in [6.45, 7) is 6.62. The van der Waals surface area contributed by atoms with Crippen LogP contribution in [-0.2, 0) is 0 Å². The van der Waals surface area contributed by atoms with Crippen LogP contribution in [0.4, 0.5) is 19.0 Å². The van der Waals surface area contributed by atoms with Gasteiger partial charge in [0, 0.05) is 49.2 Å². The number of rotatable bonds is 6. The zero-order valence-electron chi connectivity index (χ0n) is 25.2. The fourth-order valence-electron chi connectivity index (χ4n) is 8.22. The number of halogens is 3. The minimum absolute atomic E-state index is 0.0169. The zero-order chi connectivity index (χ0) is 31.8. The van der Waals surface area contributed by atoms with Crippen LogP contribution in [0.25, 0.3) is 32.9 Å². The fraction of sp³-hybridized carbons (Fsp3) is 0.400. The van der Waals surface area contributed by atoms with Gasteiger partial charge in [0.15, 0.2) is 5.82 Å². The number of hydrogen-bond donors (Lipinski definition) is 2. The summed E-state index contributed by atoms with van der Waals surface area (Å²) >= 11 is 0. The minimum Gasteiger partial charge on any atom is -0.508 e. The number of phenols is 1. The Morgan fingerprint density at radius 2 is 2.09 bits per heavy atom. The van der Waals surface area contributed by atoms with E-state index in [-0.39, 0.29) is 57.7 Å². The number of aromatic nitrogens is 3. The lowest BCUT2D eigenvalue weighted by Gasteiger charge is -2.40. The molecule has 0 amide bonds. The van der Waals surface area contributed by atoms with Gasteiger partial charge in [-0.25, -0.2) is 13.2 Å². The number of nitrogens with one attached hydrogen (secondary N) is 1. The lowest BCUT2D eigenvalue weighted by Crippen LogP contribution is -2.58. The summed E-state index contributed by atoms with van der Waals surface area (Å²) in [6.07, 6.45) is 12.2. The van der Waals surface area contributed by atoms with Crippen LogP contribution < -0.4 is 15.0 Å². The van der Waals surface area contributed by atoms with Gasteiger partial charge in [-0.2, -0.15) is 9.97 Å². The molecule has 4 aliphatic heterocycles. The van der Waals surface area contributed by atoms with Gasteiger partial charge in [0.1, 0.15) is 41.4 Å². The van der Waals surface area contributed by atoms with E-state index in [0.717, 1.165) is 32.2 Å². The van der Waals surface area contributed by atoms with Crippen LogP contribution >= 0.6 is 0 Å². The van der Waals surface area contributed by atoms with Crippen LogP contribution in [0, 0.1) is 24.0 Å². The third kappa shape index (κ3) is 4.49. The monoisotopic (exact) mass is 626 g/mol. The molecule has 0 aliphatic carbocycles. The van der Waals surface area contributed by atoms with E-state index in [1.807, 2.05) is 6.08 Å². The molecule has 4 fully saturated rings. The van der Waals surface area contributed by atoms with E-state index in [0.29, 0.717) is 42.6 Å². The van der Waals surface area contributed by atoms with Crippen molar-refractivity contribution in [1.29, 1.82) is 0 Å². The van der Waals surface area contributed by atoms with Gasteiger partial charge in [-0.3, -0.25) is 9.88 Å². The Morgan fingerprint density at radius 1 is 1.22 bits per heavy atom. The maximum Gasteiger partial charge on any atom is 0.319 e. The Balaban J connectivity index is 1.29. The van der Waals surface area contributed by atoms with Crippen molar-refractivity contribution in [1.82, 2.24) is 25.2 Å². The molecule has 8 rings (SSSR count). The predicted molar refractivity (Wildman–Crippen MR) is 170 cm³/mol. The number of nitrogens with zero attached hydrogens (tertiary/aromatic N) is 5. The Morgan fingerprint density at radius 3 is 2.91 bits per heavy atom. The van der Waals surface area contributed by atoms with Crippen LogP contribution in [-0.4, -0.2) is 81.0 Å². The molecule has 2 unspecified atom stereocenters. The van der Waals surface area contributed by atoms with Crippen LogP contribution in [0.3, 0.4) is 0 Å². The molecule has 4 saturated heterocycles. The number of terminal acetylenes is 1. The topological polar surface area (TPSA) is 86.6 Å². The second-order valence-electron chi connectivity index (χ2n) is 13.2. The summed E-state index contributed by atoms with van der Waals surface area (Å²) in [5.74, 6) is 1.26. The average molecular weight is 627 g/mol. The first kappa shape index (κ1) is 29.0. The van der Waals surface area contributed by atoms with Crippen molar-refractivity contribution in [2.75, 3.05) is 37.7 Å². The molecule has 11 heteroatoms. The van der Waals surface area contributed by atoms with Gasteiger partial charge in [-0.05, 0) is 55.8 Å². The first-order chi connectivity index (χ1) is 22.2. The number of pyridine rings is 1. The molecule has 0 radical (unpaired) electrons. The van der Waals surface area contributed by atoms with E-state index in [9.17, 15) is 13.9 Å². The molecule has 8 nitrogen and oxygen atoms in total. The number of benzene rings is 2. The summed E-state index contributed by atoms with van der Waals surface area (Å²) < 4.78 is 52.4. The molecule has 0 saturated carbocycles. The number of aromatic hydroxyl groups is 1. The fourth-order valence-corrected chi connectivity index (χ4v) is 8.22. The van der Waals surface area contributed by atoms with Crippen molar-refractivity contribution in [2.45, 2.75) is 55.4 Å². The second kappa shape index (κ2) is 10.6. The van der Waals surface area contributed by atoms with Gasteiger partial charge >= 0.3 is 6.01 Å². The molecular weight excluding hydrogens is 593 g/mol. The van der Waals surface area contributed by atoms with Crippen LogP contribution in [0.5, 0.6) is 11.8 Å². The number of ether oxygens (including phenoxy) is 1. The molecule has 2 aromatic carbocycles. The van der Waals surface area contributed by atoms with Crippen LogP contribution in [0.1, 0.15) is 37.7 Å². The van der Waals surface area contributed by atoms with Gasteiger partial charge < -0.3 is 20.1 Å². The highest BCUT2D eigenvalue weighted by atomic mass is 19.1. The number of hydrogen-bond acceptors (Lipinski definition) is 8. The SMILES string of the molecule is C#Cc1c(F)ccc2cc(O)cc(-c3ncc4c(N5CC6CCC(C=C)(C5)N6)nc(OC[C@@]56CCCN5C[C@H](F)C6)nc4c3F)c12. The molecule has 2 aromatic heterocycles. The predicted octanol–water partition coefficient (Wildman–Crippen LogP) is 5.26. The summed E-state index contributed by atoms with van der Waals surface area (Å²) in [6, 6.07) is 5.63. The second-order valence-corrected chi connectivity index (χ2v) is 13.2. The van der Waals surface area contributed by atoms with Gasteiger partial charge in [0.05, 0.1) is 22.0 Å². The number of fused-ring (bicyclic) bond motifs is 5. The molecule has 4 atom stereocenters. The zero-order valence-corrected chi connectivity index (χ0v) is 25.2. The quantitative estimate of drug-likeness (QED) is 0.222. The van der Waals surface area contributed by atoms with Gasteiger partial charge in [0.2, 0.25) is 0 Å². The van der Waals surface area contributed by atoms with E-state index in [1.54, 1.807) is 0 Å². The van der Waals surface area contributed by atoms with Crippen molar-refractivity contribution in [3.8, 4) is 35.4 Å². The normalized spacial score (nSPS) is 27.3. The first-order valence-corrected chi connectivity index (χ1v) is 15.7. The number of piperazine rings is 1. The first-order valence-electron chi connectivity index (χ1n) is 15.7. The largest absolute Gasteiger partial charge is 0.508 e. The highest BCUT2D eigenvalue weighted by Gasteiger charge is 2.49. The molecule has 2 N–H and O–H groups in total. The van der Waals surface area contributed by atoms with Gasteiger partial charge in [-0.15, -0.1) is 13.0 Å². The summed E-state index contributed by atoms with van der Waals surface area (Å²) in [7, 11) is 0. The lowest BCUT2D eigenvalue weighted by atomic mass is 9.95. The standard InChI is InChI=1S/C35H33F3N6O2/c1-3-24-27(37)7-6-20-12-23(45)13-25(28(20)24)30-29(38)31-26(15-39-30)32(43-17-22-8-10-34(4-2,18-43)42-22)41-33(40-31)46-19-35-9-5-11-44(35)16-21(36)14-35/h1,4,6-7,12-13,15,21-22,42,45H,2,5,8-11,14,16-19H2/t21-,22?,34?,35+/m1/s1. The van der Waals surface area contributed by atoms with Crippen molar-refractivity contribution in [3.63, 3.8) is 0 Å². The smallest absolute Gasteiger partial charge is 0.319 e.